The second-order valence-corrected chi connectivity index (χ2v) is 4.06. The van der Waals surface area contributed by atoms with E-state index in [4.69, 9.17) is 10.5 Å². The molecule has 0 aromatic heterocycles. The third kappa shape index (κ3) is 1.14. The van der Waals surface area contributed by atoms with Gasteiger partial charge in [0.25, 0.3) is 0 Å². The van der Waals surface area contributed by atoms with Crippen molar-refractivity contribution >= 4 is 12.4 Å². The molecule has 0 unspecified atom stereocenters. The number of rotatable bonds is 0. The van der Waals surface area contributed by atoms with Gasteiger partial charge in [-0.3, -0.25) is 0 Å². The molecule has 1 aliphatic heterocycles. The predicted molar refractivity (Wildman–Crippen MR) is 58.1 cm³/mol. The highest BCUT2D eigenvalue weighted by atomic mass is 35.5. The number of benzene rings is 1. The van der Waals surface area contributed by atoms with Gasteiger partial charge in [-0.2, -0.15) is 0 Å². The summed E-state index contributed by atoms with van der Waals surface area (Å²) in [6.45, 7) is 0.824. The van der Waals surface area contributed by atoms with E-state index in [-0.39, 0.29) is 17.8 Å². The smallest absolute Gasteiger partial charge is 0.123 e. The zero-order valence-corrected chi connectivity index (χ0v) is 8.72. The summed E-state index contributed by atoms with van der Waals surface area (Å²) in [5.74, 6) is 1.04. The van der Waals surface area contributed by atoms with Crippen LogP contribution in [-0.4, -0.2) is 12.6 Å². The molecule has 1 aromatic rings. The average molecular weight is 212 g/mol. The van der Waals surface area contributed by atoms with Crippen molar-refractivity contribution in [2.45, 2.75) is 24.3 Å². The third-order valence-corrected chi connectivity index (χ3v) is 3.36. The molecule has 0 amide bonds. The molecule has 1 aromatic carbocycles. The minimum Gasteiger partial charge on any atom is -0.493 e. The van der Waals surface area contributed by atoms with Crippen LogP contribution < -0.4 is 10.5 Å². The van der Waals surface area contributed by atoms with Crippen molar-refractivity contribution in [1.29, 1.82) is 0 Å². The third-order valence-electron chi connectivity index (χ3n) is 3.36. The summed E-state index contributed by atoms with van der Waals surface area (Å²) in [6.07, 6.45) is 2.22. The van der Waals surface area contributed by atoms with Crippen LogP contribution >= 0.6 is 12.4 Å². The SMILES string of the molecule is Cl.N[C@@H]1C[C@]12CCOc1ccccc12. The quantitative estimate of drug-likeness (QED) is 0.711. The molecule has 1 spiro atoms. The average Bonchev–Trinajstić information content (AvgIpc) is 2.79. The largest absolute Gasteiger partial charge is 0.493 e. The van der Waals surface area contributed by atoms with E-state index in [0.29, 0.717) is 6.04 Å². The highest BCUT2D eigenvalue weighted by Crippen LogP contribution is 2.54. The summed E-state index contributed by atoms with van der Waals surface area (Å²) in [5.41, 5.74) is 7.59. The van der Waals surface area contributed by atoms with Crippen LogP contribution in [0.5, 0.6) is 5.75 Å². The van der Waals surface area contributed by atoms with Gasteiger partial charge in [-0.1, -0.05) is 18.2 Å². The zero-order valence-electron chi connectivity index (χ0n) is 7.90. The van der Waals surface area contributed by atoms with E-state index in [1.165, 1.54) is 5.56 Å². The molecule has 3 heteroatoms. The Hall–Kier alpha value is -0.730. The molecular formula is C11H14ClNO. The summed E-state index contributed by atoms with van der Waals surface area (Å²) in [4.78, 5) is 0. The van der Waals surface area contributed by atoms with E-state index in [9.17, 15) is 0 Å². The van der Waals surface area contributed by atoms with E-state index >= 15 is 0 Å². The van der Waals surface area contributed by atoms with Gasteiger partial charge in [-0.25, -0.2) is 0 Å². The number of fused-ring (bicyclic) bond motifs is 2. The van der Waals surface area contributed by atoms with Crippen molar-refractivity contribution in [2.24, 2.45) is 5.73 Å². The lowest BCUT2D eigenvalue weighted by Gasteiger charge is -2.26. The normalized spacial score (nSPS) is 32.8. The van der Waals surface area contributed by atoms with Crippen molar-refractivity contribution < 1.29 is 4.74 Å². The van der Waals surface area contributed by atoms with E-state index in [1.54, 1.807) is 0 Å². The van der Waals surface area contributed by atoms with Gasteiger partial charge in [0.1, 0.15) is 5.75 Å². The Morgan fingerprint density at radius 3 is 2.79 bits per heavy atom. The van der Waals surface area contributed by atoms with Gasteiger partial charge in [0.15, 0.2) is 0 Å². The first-order chi connectivity index (χ1) is 6.33. The van der Waals surface area contributed by atoms with E-state index in [2.05, 4.69) is 12.1 Å². The summed E-state index contributed by atoms with van der Waals surface area (Å²) in [5, 5.41) is 0. The van der Waals surface area contributed by atoms with Crippen molar-refractivity contribution in [2.75, 3.05) is 6.61 Å². The summed E-state index contributed by atoms with van der Waals surface area (Å²) < 4.78 is 5.59. The lowest BCUT2D eigenvalue weighted by Crippen LogP contribution is -2.26. The molecule has 0 bridgehead atoms. The molecule has 1 fully saturated rings. The maximum atomic E-state index is 5.99. The summed E-state index contributed by atoms with van der Waals surface area (Å²) in [6, 6.07) is 8.65. The number of ether oxygens (including phenoxy) is 1. The minimum atomic E-state index is 0. The summed E-state index contributed by atoms with van der Waals surface area (Å²) in [7, 11) is 0. The monoisotopic (exact) mass is 211 g/mol. The van der Waals surface area contributed by atoms with Crippen LogP contribution in [0.15, 0.2) is 24.3 Å². The molecule has 76 valence electrons. The second-order valence-electron chi connectivity index (χ2n) is 4.06. The molecule has 2 nitrogen and oxygen atoms in total. The highest BCUT2D eigenvalue weighted by molar-refractivity contribution is 5.85. The molecule has 14 heavy (non-hydrogen) atoms. The van der Waals surface area contributed by atoms with Crippen molar-refractivity contribution in [3.05, 3.63) is 29.8 Å². The Morgan fingerprint density at radius 2 is 2.07 bits per heavy atom. The van der Waals surface area contributed by atoms with Gasteiger partial charge in [0, 0.05) is 17.0 Å². The van der Waals surface area contributed by atoms with Crippen LogP contribution in [0.3, 0.4) is 0 Å². The second kappa shape index (κ2) is 3.14. The van der Waals surface area contributed by atoms with Crippen LogP contribution in [0.2, 0.25) is 0 Å². The molecule has 1 saturated carbocycles. The topological polar surface area (TPSA) is 35.2 Å². The Morgan fingerprint density at radius 1 is 1.36 bits per heavy atom. The van der Waals surface area contributed by atoms with Crippen LogP contribution in [0.4, 0.5) is 0 Å². The summed E-state index contributed by atoms with van der Waals surface area (Å²) >= 11 is 0. The molecule has 1 aliphatic carbocycles. The van der Waals surface area contributed by atoms with Crippen LogP contribution in [0.1, 0.15) is 18.4 Å². The first-order valence-corrected chi connectivity index (χ1v) is 4.81. The molecule has 1 heterocycles. The van der Waals surface area contributed by atoms with Gasteiger partial charge >= 0.3 is 0 Å². The molecule has 2 aliphatic rings. The lowest BCUT2D eigenvalue weighted by atomic mass is 9.89. The Kier molecular flexibility index (Phi) is 2.20. The number of hydrogen-bond acceptors (Lipinski definition) is 2. The van der Waals surface area contributed by atoms with Gasteiger partial charge in [-0.05, 0) is 18.9 Å². The Balaban J connectivity index is 0.000000750. The molecule has 2 N–H and O–H groups in total. The van der Waals surface area contributed by atoms with Gasteiger partial charge in [-0.15, -0.1) is 12.4 Å². The maximum Gasteiger partial charge on any atom is 0.123 e. The van der Waals surface area contributed by atoms with Crippen LogP contribution in [0, 0.1) is 0 Å². The van der Waals surface area contributed by atoms with Gasteiger partial charge in [0.05, 0.1) is 6.61 Å². The number of para-hydroxylation sites is 1. The number of nitrogens with two attached hydrogens (primary N) is 1. The van der Waals surface area contributed by atoms with Crippen molar-refractivity contribution in [1.82, 2.24) is 0 Å². The van der Waals surface area contributed by atoms with Crippen molar-refractivity contribution in [3.63, 3.8) is 0 Å². The van der Waals surface area contributed by atoms with Crippen LogP contribution in [-0.2, 0) is 5.41 Å². The lowest BCUT2D eigenvalue weighted by molar-refractivity contribution is 0.258. The fourth-order valence-electron chi connectivity index (χ4n) is 2.41. The number of hydrogen-bond donors (Lipinski definition) is 1. The Labute approximate surface area is 89.9 Å². The fraction of sp³-hybridized carbons (Fsp3) is 0.455. The van der Waals surface area contributed by atoms with E-state index < -0.39 is 0 Å². The molecule has 3 rings (SSSR count). The Bertz CT molecular complexity index is 355. The molecular weight excluding hydrogens is 198 g/mol. The fourth-order valence-corrected chi connectivity index (χ4v) is 2.41. The van der Waals surface area contributed by atoms with E-state index in [0.717, 1.165) is 25.2 Å². The predicted octanol–water partition coefficient (Wildman–Crippen LogP) is 1.86. The van der Waals surface area contributed by atoms with Crippen molar-refractivity contribution in [3.8, 4) is 5.75 Å². The highest BCUT2D eigenvalue weighted by Gasteiger charge is 2.55. The van der Waals surface area contributed by atoms with Crippen LogP contribution in [0.25, 0.3) is 0 Å². The minimum absolute atomic E-state index is 0. The molecule has 2 atom stereocenters. The van der Waals surface area contributed by atoms with E-state index in [1.807, 2.05) is 12.1 Å². The number of halogens is 1. The first kappa shape index (κ1) is 9.81. The maximum absolute atomic E-state index is 5.99. The zero-order chi connectivity index (χ0) is 8.89. The molecule has 0 radical (unpaired) electrons. The van der Waals surface area contributed by atoms with Gasteiger partial charge in [0.2, 0.25) is 0 Å². The molecule has 0 saturated heterocycles. The van der Waals surface area contributed by atoms with Gasteiger partial charge < -0.3 is 10.5 Å². The standard InChI is InChI=1S/C11H13NO.ClH/c12-10-7-11(10)5-6-13-9-4-2-1-3-8(9)11;/h1-4,10H,5-7,12H2;1H/t10-,11+;/m1./s1. The first-order valence-electron chi connectivity index (χ1n) is 4.81.